The number of halogens is 1. The zero-order chi connectivity index (χ0) is 16.9. The van der Waals surface area contributed by atoms with Crippen molar-refractivity contribution in [1.29, 1.82) is 0 Å². The number of benzene rings is 2. The van der Waals surface area contributed by atoms with Crippen molar-refractivity contribution < 1.29 is 4.79 Å². The molecule has 0 aliphatic rings. The predicted octanol–water partition coefficient (Wildman–Crippen LogP) is 4.72. The molecule has 1 atom stereocenters. The summed E-state index contributed by atoms with van der Waals surface area (Å²) in [7, 11) is 0. The van der Waals surface area contributed by atoms with E-state index in [1.807, 2.05) is 42.5 Å². The van der Waals surface area contributed by atoms with Gasteiger partial charge in [0, 0.05) is 11.2 Å². The number of amides is 1. The number of thioether (sulfide) groups is 1. The van der Waals surface area contributed by atoms with Crippen LogP contribution in [-0.4, -0.2) is 10.9 Å². The third kappa shape index (κ3) is 3.78. The largest absolute Gasteiger partial charge is 0.366 e. The zero-order valence-corrected chi connectivity index (χ0v) is 14.3. The van der Waals surface area contributed by atoms with Gasteiger partial charge in [-0.1, -0.05) is 65.8 Å². The fourth-order valence-electron chi connectivity index (χ4n) is 2.38. The van der Waals surface area contributed by atoms with Gasteiger partial charge in [0.2, 0.25) is 0 Å². The molecule has 1 amide bonds. The van der Waals surface area contributed by atoms with Gasteiger partial charge in [0.25, 0.3) is 5.91 Å². The van der Waals surface area contributed by atoms with Crippen LogP contribution < -0.4 is 5.73 Å². The number of aromatic nitrogens is 1. The maximum Gasteiger partial charge on any atom is 0.251 e. The summed E-state index contributed by atoms with van der Waals surface area (Å²) in [6, 6.07) is 21.2. The molecule has 0 spiro atoms. The number of carbonyl (C=O) groups excluding carboxylic acids is 1. The van der Waals surface area contributed by atoms with Crippen LogP contribution in [0.5, 0.6) is 0 Å². The number of rotatable bonds is 5. The van der Waals surface area contributed by atoms with Crippen LogP contribution in [0, 0.1) is 0 Å². The highest BCUT2D eigenvalue weighted by Gasteiger charge is 2.19. The predicted molar refractivity (Wildman–Crippen MR) is 98.3 cm³/mol. The van der Waals surface area contributed by atoms with Crippen molar-refractivity contribution >= 4 is 29.3 Å². The number of nitrogens with zero attached hydrogens (tertiary/aromatic N) is 1. The number of hydrogen-bond donors (Lipinski definition) is 1. The Bertz CT molecular complexity index is 838. The minimum atomic E-state index is -0.478. The fourth-order valence-corrected chi connectivity index (χ4v) is 3.73. The average molecular weight is 355 g/mol. The Kier molecular flexibility index (Phi) is 5.18. The van der Waals surface area contributed by atoms with E-state index in [-0.39, 0.29) is 5.25 Å². The van der Waals surface area contributed by atoms with Crippen molar-refractivity contribution in [3.8, 4) is 0 Å². The number of nitrogens with two attached hydrogens (primary N) is 1. The van der Waals surface area contributed by atoms with Crippen LogP contribution >= 0.6 is 23.4 Å². The number of carbonyl (C=O) groups is 1. The van der Waals surface area contributed by atoms with Gasteiger partial charge in [0.05, 0.1) is 10.8 Å². The number of primary amides is 1. The van der Waals surface area contributed by atoms with E-state index in [9.17, 15) is 4.79 Å². The molecule has 3 nitrogen and oxygen atoms in total. The zero-order valence-electron chi connectivity index (χ0n) is 12.7. The van der Waals surface area contributed by atoms with Crippen LogP contribution in [-0.2, 0) is 0 Å². The summed E-state index contributed by atoms with van der Waals surface area (Å²) < 4.78 is 0. The van der Waals surface area contributed by atoms with Gasteiger partial charge in [0.15, 0.2) is 0 Å². The minimum absolute atomic E-state index is 0.0172. The summed E-state index contributed by atoms with van der Waals surface area (Å²) in [4.78, 5) is 16.0. The van der Waals surface area contributed by atoms with Gasteiger partial charge in [-0.2, -0.15) is 0 Å². The molecular formula is C19H15ClN2OS. The summed E-state index contributed by atoms with van der Waals surface area (Å²) in [6.07, 6.45) is 1.67. The molecule has 0 saturated carbocycles. The molecule has 2 N–H and O–H groups in total. The van der Waals surface area contributed by atoms with Crippen molar-refractivity contribution in [3.05, 3.63) is 94.6 Å². The van der Waals surface area contributed by atoms with Crippen molar-refractivity contribution in [1.82, 2.24) is 4.98 Å². The molecule has 0 aliphatic carbocycles. The molecule has 1 heterocycles. The normalized spacial score (nSPS) is 11.9. The summed E-state index contributed by atoms with van der Waals surface area (Å²) in [6.45, 7) is 0. The highest BCUT2D eigenvalue weighted by Crippen LogP contribution is 2.40. The summed E-state index contributed by atoms with van der Waals surface area (Å²) >= 11 is 7.51. The van der Waals surface area contributed by atoms with E-state index in [2.05, 4.69) is 17.1 Å². The molecule has 0 radical (unpaired) electrons. The van der Waals surface area contributed by atoms with E-state index in [4.69, 9.17) is 17.3 Å². The second kappa shape index (κ2) is 7.51. The quantitative estimate of drug-likeness (QED) is 0.675. The number of pyridine rings is 1. The number of hydrogen-bond acceptors (Lipinski definition) is 3. The molecule has 0 aliphatic heterocycles. The maximum atomic E-state index is 11.7. The van der Waals surface area contributed by atoms with Gasteiger partial charge < -0.3 is 5.73 Å². The van der Waals surface area contributed by atoms with E-state index in [1.54, 1.807) is 18.3 Å². The first-order valence-corrected chi connectivity index (χ1v) is 8.63. The Balaban J connectivity index is 2.03. The topological polar surface area (TPSA) is 56.0 Å². The maximum absolute atomic E-state index is 11.7. The van der Waals surface area contributed by atoms with Gasteiger partial charge >= 0.3 is 0 Å². The minimum Gasteiger partial charge on any atom is -0.366 e. The van der Waals surface area contributed by atoms with Crippen LogP contribution in [0.15, 0.2) is 78.0 Å². The van der Waals surface area contributed by atoms with Crippen molar-refractivity contribution in [2.45, 2.75) is 10.3 Å². The van der Waals surface area contributed by atoms with Crippen LogP contribution in [0.4, 0.5) is 0 Å². The Labute approximate surface area is 149 Å². The highest BCUT2D eigenvalue weighted by atomic mass is 35.5. The molecule has 0 bridgehead atoms. The second-order valence-electron chi connectivity index (χ2n) is 5.18. The lowest BCUT2D eigenvalue weighted by molar-refractivity contribution is 0.0997. The first-order valence-electron chi connectivity index (χ1n) is 7.37. The molecule has 1 unspecified atom stereocenters. The molecule has 5 heteroatoms. The van der Waals surface area contributed by atoms with E-state index in [0.717, 1.165) is 11.1 Å². The lowest BCUT2D eigenvalue weighted by Gasteiger charge is -2.18. The second-order valence-corrected chi connectivity index (χ2v) is 6.71. The third-order valence-corrected chi connectivity index (χ3v) is 5.12. The Hall–Kier alpha value is -2.30. The van der Waals surface area contributed by atoms with Crippen LogP contribution in [0.3, 0.4) is 0 Å². The molecule has 3 rings (SSSR count). The smallest absolute Gasteiger partial charge is 0.251 e. The molecule has 120 valence electrons. The fraction of sp³-hybridized carbons (Fsp3) is 0.0526. The van der Waals surface area contributed by atoms with Crippen LogP contribution in [0.2, 0.25) is 5.02 Å². The van der Waals surface area contributed by atoms with Gasteiger partial charge in [-0.25, -0.2) is 4.98 Å². The Morgan fingerprint density at radius 3 is 2.29 bits per heavy atom. The molecular weight excluding hydrogens is 340 g/mol. The third-order valence-electron chi connectivity index (χ3n) is 3.54. The van der Waals surface area contributed by atoms with Gasteiger partial charge in [-0.3, -0.25) is 4.79 Å². The van der Waals surface area contributed by atoms with Gasteiger partial charge in [0.1, 0.15) is 5.03 Å². The summed E-state index contributed by atoms with van der Waals surface area (Å²) in [5.74, 6) is -0.478. The van der Waals surface area contributed by atoms with Gasteiger partial charge in [-0.05, 0) is 35.4 Å². The first kappa shape index (κ1) is 16.6. The van der Waals surface area contributed by atoms with Crippen molar-refractivity contribution in [3.63, 3.8) is 0 Å². The van der Waals surface area contributed by atoms with Crippen LogP contribution in [0.25, 0.3) is 0 Å². The first-order chi connectivity index (χ1) is 11.6. The molecule has 2 aromatic carbocycles. The van der Waals surface area contributed by atoms with Crippen molar-refractivity contribution in [2.75, 3.05) is 0 Å². The van der Waals surface area contributed by atoms with E-state index < -0.39 is 5.91 Å². The highest BCUT2D eigenvalue weighted by molar-refractivity contribution is 7.99. The molecule has 0 saturated heterocycles. The molecule has 1 aromatic heterocycles. The SMILES string of the molecule is NC(=O)c1cccnc1SC(c1ccccc1)c1ccc(Cl)cc1. The summed E-state index contributed by atoms with van der Waals surface area (Å²) in [5, 5.41) is 1.29. The molecule has 3 aromatic rings. The molecule has 24 heavy (non-hydrogen) atoms. The Morgan fingerprint density at radius 2 is 1.62 bits per heavy atom. The summed E-state index contributed by atoms with van der Waals surface area (Å²) in [5.41, 5.74) is 8.10. The van der Waals surface area contributed by atoms with E-state index in [0.29, 0.717) is 15.6 Å². The van der Waals surface area contributed by atoms with Gasteiger partial charge in [-0.15, -0.1) is 0 Å². The Morgan fingerprint density at radius 1 is 0.958 bits per heavy atom. The molecule has 0 fully saturated rings. The van der Waals surface area contributed by atoms with Crippen LogP contribution in [0.1, 0.15) is 26.7 Å². The lowest BCUT2D eigenvalue weighted by Crippen LogP contribution is -2.13. The van der Waals surface area contributed by atoms with E-state index in [1.165, 1.54) is 11.8 Å². The van der Waals surface area contributed by atoms with E-state index >= 15 is 0 Å². The van der Waals surface area contributed by atoms with Crippen molar-refractivity contribution in [2.24, 2.45) is 5.73 Å². The monoisotopic (exact) mass is 354 g/mol. The standard InChI is InChI=1S/C19H15ClN2OS/c20-15-10-8-14(9-11-15)17(13-5-2-1-3-6-13)24-19-16(18(21)23)7-4-12-22-19/h1-12,17H,(H2,21,23). The lowest BCUT2D eigenvalue weighted by atomic mass is 10.0. The average Bonchev–Trinajstić information content (AvgIpc) is 2.61.